The van der Waals surface area contributed by atoms with E-state index in [2.05, 4.69) is 21.2 Å². The summed E-state index contributed by atoms with van der Waals surface area (Å²) < 4.78 is 26.4. The highest BCUT2D eigenvalue weighted by Gasteiger charge is 2.25. The van der Waals surface area contributed by atoms with Crippen molar-refractivity contribution in [2.45, 2.75) is 30.5 Å². The standard InChI is InChI=1S/C14H16BrF2NO/c15-11-5-1-4-10(11)8-18-13(19)7-9-3-2-6-12(16)14(9)17/h2-3,6,10-11H,1,4-5,7-8H2,(H,18,19). The second kappa shape index (κ2) is 6.46. The van der Waals surface area contributed by atoms with E-state index in [-0.39, 0.29) is 17.9 Å². The van der Waals surface area contributed by atoms with Crippen molar-refractivity contribution in [2.24, 2.45) is 5.92 Å². The SMILES string of the molecule is O=C(Cc1cccc(F)c1F)NCC1CCCC1Br. The van der Waals surface area contributed by atoms with E-state index in [4.69, 9.17) is 0 Å². The summed E-state index contributed by atoms with van der Waals surface area (Å²) in [7, 11) is 0. The average Bonchev–Trinajstić information content (AvgIpc) is 2.78. The van der Waals surface area contributed by atoms with E-state index in [1.54, 1.807) is 0 Å². The number of halogens is 3. The molecule has 0 bridgehead atoms. The highest BCUT2D eigenvalue weighted by molar-refractivity contribution is 9.09. The van der Waals surface area contributed by atoms with Crippen molar-refractivity contribution < 1.29 is 13.6 Å². The number of carbonyl (C=O) groups excluding carboxylic acids is 1. The van der Waals surface area contributed by atoms with E-state index >= 15 is 0 Å². The van der Waals surface area contributed by atoms with E-state index in [0.29, 0.717) is 17.3 Å². The van der Waals surface area contributed by atoms with Gasteiger partial charge in [-0.2, -0.15) is 0 Å². The number of hydrogen-bond donors (Lipinski definition) is 1. The van der Waals surface area contributed by atoms with Gasteiger partial charge in [-0.3, -0.25) is 4.79 Å². The normalized spacial score (nSPS) is 22.5. The zero-order valence-corrected chi connectivity index (χ0v) is 12.1. The first-order chi connectivity index (χ1) is 9.08. The molecule has 19 heavy (non-hydrogen) atoms. The Morgan fingerprint density at radius 2 is 2.16 bits per heavy atom. The molecule has 0 aliphatic heterocycles. The summed E-state index contributed by atoms with van der Waals surface area (Å²) in [5, 5.41) is 2.79. The van der Waals surface area contributed by atoms with Crippen LogP contribution in [0.3, 0.4) is 0 Å². The van der Waals surface area contributed by atoms with Crippen LogP contribution in [0, 0.1) is 17.6 Å². The van der Waals surface area contributed by atoms with Gasteiger partial charge in [0, 0.05) is 16.9 Å². The molecule has 0 saturated heterocycles. The Kier molecular flexibility index (Phi) is 4.91. The maximum Gasteiger partial charge on any atom is 0.224 e. The van der Waals surface area contributed by atoms with Gasteiger partial charge in [0.05, 0.1) is 6.42 Å². The Bertz CT molecular complexity index is 467. The van der Waals surface area contributed by atoms with Crippen molar-refractivity contribution in [1.82, 2.24) is 5.32 Å². The number of alkyl halides is 1. The van der Waals surface area contributed by atoms with Crippen molar-refractivity contribution in [2.75, 3.05) is 6.54 Å². The number of hydrogen-bond acceptors (Lipinski definition) is 1. The predicted molar refractivity (Wildman–Crippen MR) is 73.1 cm³/mol. The Morgan fingerprint density at radius 3 is 2.84 bits per heavy atom. The Labute approximate surface area is 119 Å². The number of rotatable bonds is 4. The van der Waals surface area contributed by atoms with Crippen LogP contribution in [0.25, 0.3) is 0 Å². The number of benzene rings is 1. The third-order valence-corrected chi connectivity index (χ3v) is 4.72. The van der Waals surface area contributed by atoms with E-state index in [1.165, 1.54) is 12.1 Å². The molecule has 2 atom stereocenters. The van der Waals surface area contributed by atoms with Gasteiger partial charge in [0.2, 0.25) is 5.91 Å². The van der Waals surface area contributed by atoms with Crippen LogP contribution in [0.2, 0.25) is 0 Å². The van der Waals surface area contributed by atoms with Crippen LogP contribution in [0.1, 0.15) is 24.8 Å². The Morgan fingerprint density at radius 1 is 1.37 bits per heavy atom. The molecule has 0 aromatic heterocycles. The molecule has 2 rings (SSSR count). The highest BCUT2D eigenvalue weighted by atomic mass is 79.9. The largest absolute Gasteiger partial charge is 0.355 e. The van der Waals surface area contributed by atoms with Gasteiger partial charge in [-0.15, -0.1) is 0 Å². The average molecular weight is 332 g/mol. The lowest BCUT2D eigenvalue weighted by atomic mass is 10.1. The quantitative estimate of drug-likeness (QED) is 0.843. The van der Waals surface area contributed by atoms with E-state index < -0.39 is 11.6 Å². The molecule has 0 heterocycles. The third-order valence-electron chi connectivity index (χ3n) is 3.51. The van der Waals surface area contributed by atoms with E-state index in [9.17, 15) is 13.6 Å². The minimum atomic E-state index is -0.933. The van der Waals surface area contributed by atoms with Gasteiger partial charge in [-0.05, 0) is 24.8 Å². The smallest absolute Gasteiger partial charge is 0.224 e. The fraction of sp³-hybridized carbons (Fsp3) is 0.500. The monoisotopic (exact) mass is 331 g/mol. The van der Waals surface area contributed by atoms with Gasteiger partial charge in [0.15, 0.2) is 11.6 Å². The van der Waals surface area contributed by atoms with Gasteiger partial charge >= 0.3 is 0 Å². The lowest BCUT2D eigenvalue weighted by molar-refractivity contribution is -0.120. The van der Waals surface area contributed by atoms with Gasteiger partial charge in [0.1, 0.15) is 0 Å². The molecule has 1 N–H and O–H groups in total. The summed E-state index contributed by atoms with van der Waals surface area (Å²) in [6.45, 7) is 0.589. The summed E-state index contributed by atoms with van der Waals surface area (Å²) in [5.41, 5.74) is 0.0966. The van der Waals surface area contributed by atoms with Crippen LogP contribution >= 0.6 is 15.9 Å². The minimum Gasteiger partial charge on any atom is -0.355 e. The first-order valence-corrected chi connectivity index (χ1v) is 7.33. The Balaban J connectivity index is 1.85. The summed E-state index contributed by atoms with van der Waals surface area (Å²) in [6.07, 6.45) is 3.25. The van der Waals surface area contributed by atoms with Gasteiger partial charge < -0.3 is 5.32 Å². The molecule has 1 fully saturated rings. The molecule has 0 spiro atoms. The number of amides is 1. The van der Waals surface area contributed by atoms with Crippen LogP contribution < -0.4 is 5.32 Å². The zero-order chi connectivity index (χ0) is 13.8. The first kappa shape index (κ1) is 14.4. The topological polar surface area (TPSA) is 29.1 Å². The van der Waals surface area contributed by atoms with Crippen LogP contribution in [-0.4, -0.2) is 17.3 Å². The number of nitrogens with one attached hydrogen (secondary N) is 1. The molecular formula is C14H16BrF2NO. The molecular weight excluding hydrogens is 316 g/mol. The van der Waals surface area contributed by atoms with Gasteiger partial charge in [-0.25, -0.2) is 8.78 Å². The van der Waals surface area contributed by atoms with E-state index in [0.717, 1.165) is 25.3 Å². The molecule has 1 aliphatic rings. The minimum absolute atomic E-state index is 0.0966. The maximum atomic E-state index is 13.4. The Hall–Kier alpha value is -0.970. The maximum absolute atomic E-state index is 13.4. The lowest BCUT2D eigenvalue weighted by Gasteiger charge is -2.14. The lowest BCUT2D eigenvalue weighted by Crippen LogP contribution is -2.32. The fourth-order valence-electron chi connectivity index (χ4n) is 2.39. The van der Waals surface area contributed by atoms with Crippen molar-refractivity contribution in [3.63, 3.8) is 0 Å². The molecule has 1 amide bonds. The fourth-order valence-corrected chi connectivity index (χ4v) is 3.16. The van der Waals surface area contributed by atoms with Crippen molar-refractivity contribution in [1.29, 1.82) is 0 Å². The summed E-state index contributed by atoms with van der Waals surface area (Å²) >= 11 is 3.58. The molecule has 1 aromatic carbocycles. The van der Waals surface area contributed by atoms with Crippen LogP contribution in [0.15, 0.2) is 18.2 Å². The molecule has 2 nitrogen and oxygen atoms in total. The predicted octanol–water partition coefficient (Wildman–Crippen LogP) is 3.19. The molecule has 5 heteroatoms. The molecule has 2 unspecified atom stereocenters. The molecule has 104 valence electrons. The van der Waals surface area contributed by atoms with Gasteiger partial charge in [-0.1, -0.05) is 34.5 Å². The second-order valence-electron chi connectivity index (χ2n) is 4.90. The van der Waals surface area contributed by atoms with Crippen LogP contribution in [-0.2, 0) is 11.2 Å². The molecule has 0 radical (unpaired) electrons. The van der Waals surface area contributed by atoms with Crippen LogP contribution in [0.5, 0.6) is 0 Å². The summed E-state index contributed by atoms with van der Waals surface area (Å²) in [6, 6.07) is 3.89. The van der Waals surface area contributed by atoms with Crippen molar-refractivity contribution >= 4 is 21.8 Å². The molecule has 1 saturated carbocycles. The summed E-state index contributed by atoms with van der Waals surface area (Å²) in [5.74, 6) is -1.68. The van der Waals surface area contributed by atoms with Crippen molar-refractivity contribution in [3.8, 4) is 0 Å². The molecule has 1 aromatic rings. The zero-order valence-electron chi connectivity index (χ0n) is 10.5. The summed E-state index contributed by atoms with van der Waals surface area (Å²) in [4.78, 5) is 12.2. The third kappa shape index (κ3) is 3.75. The number of carbonyl (C=O) groups is 1. The van der Waals surface area contributed by atoms with Gasteiger partial charge in [0.25, 0.3) is 0 Å². The van der Waals surface area contributed by atoms with E-state index in [1.807, 2.05) is 0 Å². The highest BCUT2D eigenvalue weighted by Crippen LogP contribution is 2.30. The second-order valence-corrected chi connectivity index (χ2v) is 6.08. The van der Waals surface area contributed by atoms with Crippen LogP contribution in [0.4, 0.5) is 8.78 Å². The molecule has 1 aliphatic carbocycles. The van der Waals surface area contributed by atoms with Crippen molar-refractivity contribution in [3.05, 3.63) is 35.4 Å². The first-order valence-electron chi connectivity index (χ1n) is 6.41.